The molecule has 0 radical (unpaired) electrons. The van der Waals surface area contributed by atoms with Crippen LogP contribution in [0.15, 0.2) is 60.7 Å². The van der Waals surface area contributed by atoms with Crippen molar-refractivity contribution in [2.45, 2.75) is 81.1 Å². The van der Waals surface area contributed by atoms with E-state index in [0.29, 0.717) is 11.1 Å². The first-order valence-corrected chi connectivity index (χ1v) is 18.5. The molecule has 8 bridgehead atoms. The van der Waals surface area contributed by atoms with E-state index in [1.807, 2.05) is 48.5 Å². The van der Waals surface area contributed by atoms with Crippen LogP contribution in [0.25, 0.3) is 66.6 Å². The number of aryl methyl sites for hydroxylation is 4. The van der Waals surface area contributed by atoms with Crippen molar-refractivity contribution in [3.05, 3.63) is 117 Å². The van der Waals surface area contributed by atoms with Crippen molar-refractivity contribution < 1.29 is 9.59 Å². The van der Waals surface area contributed by atoms with Gasteiger partial charge < -0.3 is 9.97 Å². The summed E-state index contributed by atoms with van der Waals surface area (Å²) in [6.45, 7) is 17.4. The highest BCUT2D eigenvalue weighted by atomic mass is 16.1. The van der Waals surface area contributed by atoms with Crippen molar-refractivity contribution in [3.63, 3.8) is 0 Å². The number of hydrogen-bond acceptors (Lipinski definition) is 4. The molecule has 6 nitrogen and oxygen atoms in total. The van der Waals surface area contributed by atoms with Gasteiger partial charge in [-0.05, 0) is 121 Å². The number of aldehydes is 2. The molecule has 2 N–H and O–H groups in total. The van der Waals surface area contributed by atoms with Crippen molar-refractivity contribution in [1.82, 2.24) is 19.9 Å². The lowest BCUT2D eigenvalue weighted by atomic mass is 9.93. The van der Waals surface area contributed by atoms with Crippen LogP contribution in [0.2, 0.25) is 0 Å². The molecule has 3 aromatic heterocycles. The van der Waals surface area contributed by atoms with E-state index in [2.05, 4.69) is 77.5 Å². The fraction of sp³-hybridized carbons (Fsp3) is 0.261. The molecule has 7 rings (SSSR count). The smallest absolute Gasteiger partial charge is 0.150 e. The van der Waals surface area contributed by atoms with Crippen LogP contribution in [0.3, 0.4) is 0 Å². The zero-order chi connectivity index (χ0) is 36.8. The van der Waals surface area contributed by atoms with Crippen molar-refractivity contribution >= 4 is 56.9 Å². The monoisotopic (exact) mass is 686 g/mol. The first kappa shape index (κ1) is 34.8. The highest BCUT2D eigenvalue weighted by Crippen LogP contribution is 2.44. The summed E-state index contributed by atoms with van der Waals surface area (Å²) in [6, 6.07) is 20.0. The molecular formula is C46H46N4O2. The van der Waals surface area contributed by atoms with Gasteiger partial charge in [-0.3, -0.25) is 9.59 Å². The Hall–Kier alpha value is -5.62. The van der Waals surface area contributed by atoms with Crippen molar-refractivity contribution in [1.29, 1.82) is 0 Å². The minimum absolute atomic E-state index is 0.623. The summed E-state index contributed by atoms with van der Waals surface area (Å²) in [5.41, 5.74) is 21.5. The van der Waals surface area contributed by atoms with Gasteiger partial charge in [0.2, 0.25) is 0 Å². The molecule has 5 heterocycles. The zero-order valence-corrected chi connectivity index (χ0v) is 31.5. The van der Waals surface area contributed by atoms with Crippen molar-refractivity contribution in [2.24, 2.45) is 0 Å². The van der Waals surface area contributed by atoms with Crippen molar-refractivity contribution in [2.75, 3.05) is 0 Å². The highest BCUT2D eigenvalue weighted by molar-refractivity contribution is 6.06. The number of aromatic amines is 2. The Morgan fingerprint density at radius 3 is 1.29 bits per heavy atom. The maximum absolute atomic E-state index is 12.6. The normalized spacial score (nSPS) is 12.9. The molecule has 0 atom stereocenters. The summed E-state index contributed by atoms with van der Waals surface area (Å²) in [5, 5.41) is 0. The van der Waals surface area contributed by atoms with Gasteiger partial charge in [-0.25, -0.2) is 9.97 Å². The number of nitrogens with zero attached hydrogens (tertiary/aromatic N) is 2. The van der Waals surface area contributed by atoms with Crippen LogP contribution in [0.1, 0.15) is 120 Å². The number of fused-ring (bicyclic) bond motifs is 8. The van der Waals surface area contributed by atoms with Crippen LogP contribution in [0.4, 0.5) is 0 Å². The summed E-state index contributed by atoms with van der Waals surface area (Å²) in [5.74, 6) is 0. The molecule has 0 fully saturated rings. The Labute approximate surface area is 305 Å². The van der Waals surface area contributed by atoms with E-state index in [9.17, 15) is 9.59 Å². The number of rotatable bonds is 8. The Morgan fingerprint density at radius 1 is 0.558 bits per heavy atom. The molecular weight excluding hydrogens is 641 g/mol. The Bertz CT molecular complexity index is 2360. The van der Waals surface area contributed by atoms with Gasteiger partial charge in [0, 0.05) is 33.3 Å². The molecule has 0 aliphatic carbocycles. The third-order valence-electron chi connectivity index (χ3n) is 11.2. The molecule has 52 heavy (non-hydrogen) atoms. The molecule has 0 spiro atoms. The molecule has 262 valence electrons. The average molecular weight is 687 g/mol. The number of nitrogens with one attached hydrogen (secondary N) is 2. The van der Waals surface area contributed by atoms with E-state index in [1.54, 1.807) is 0 Å². The van der Waals surface area contributed by atoms with Gasteiger partial charge >= 0.3 is 0 Å². The molecule has 2 aliphatic rings. The molecule has 2 aliphatic heterocycles. The second-order valence-electron chi connectivity index (χ2n) is 13.8. The SMILES string of the molecule is CCC1=C(C)c2nc1cc1[nH]c(c(C)c1CC)c(-c1ccccc1C=O)c1nc(cc3[nH]c(c(C)c3CC)c2-c2ccccc2C=O)C(CC)=C1C. The van der Waals surface area contributed by atoms with E-state index in [0.717, 1.165) is 128 Å². The van der Waals surface area contributed by atoms with Crippen molar-refractivity contribution in [3.8, 4) is 22.3 Å². The third-order valence-corrected chi connectivity index (χ3v) is 11.2. The van der Waals surface area contributed by atoms with Gasteiger partial charge in [-0.15, -0.1) is 0 Å². The topological polar surface area (TPSA) is 91.5 Å². The van der Waals surface area contributed by atoms with Gasteiger partial charge in [-0.2, -0.15) is 0 Å². The fourth-order valence-corrected chi connectivity index (χ4v) is 8.49. The lowest BCUT2D eigenvalue weighted by molar-refractivity contribution is 0.111. The van der Waals surface area contributed by atoms with Gasteiger partial charge in [0.15, 0.2) is 12.6 Å². The summed E-state index contributed by atoms with van der Waals surface area (Å²) in [4.78, 5) is 43.7. The maximum Gasteiger partial charge on any atom is 0.150 e. The van der Waals surface area contributed by atoms with E-state index in [4.69, 9.17) is 9.97 Å². The Balaban J connectivity index is 1.80. The largest absolute Gasteiger partial charge is 0.354 e. The van der Waals surface area contributed by atoms with Crippen LogP contribution >= 0.6 is 0 Å². The number of carbonyl (C=O) groups is 2. The van der Waals surface area contributed by atoms with Crippen LogP contribution in [0.5, 0.6) is 0 Å². The second-order valence-corrected chi connectivity index (χ2v) is 13.8. The first-order valence-electron chi connectivity index (χ1n) is 18.5. The summed E-state index contributed by atoms with van der Waals surface area (Å²) in [7, 11) is 0. The average Bonchev–Trinajstić information content (AvgIpc) is 3.85. The summed E-state index contributed by atoms with van der Waals surface area (Å²) in [6.07, 6.45) is 5.11. The van der Waals surface area contributed by atoms with Crippen LogP contribution in [0, 0.1) is 13.8 Å². The number of aromatic nitrogens is 4. The number of hydrogen-bond donors (Lipinski definition) is 2. The van der Waals surface area contributed by atoms with Crippen LogP contribution in [-0.4, -0.2) is 32.5 Å². The molecule has 0 unspecified atom stereocenters. The molecule has 2 aromatic carbocycles. The predicted molar refractivity (Wildman–Crippen MR) is 216 cm³/mol. The van der Waals surface area contributed by atoms with E-state index in [1.165, 1.54) is 22.3 Å². The molecule has 0 saturated heterocycles. The predicted octanol–water partition coefficient (Wildman–Crippen LogP) is 11.7. The zero-order valence-electron chi connectivity index (χ0n) is 31.5. The van der Waals surface area contributed by atoms with E-state index < -0.39 is 0 Å². The maximum atomic E-state index is 12.6. The Morgan fingerprint density at radius 2 is 0.942 bits per heavy atom. The molecule has 0 amide bonds. The van der Waals surface area contributed by atoms with Gasteiger partial charge in [0.25, 0.3) is 0 Å². The van der Waals surface area contributed by atoms with Gasteiger partial charge in [0.1, 0.15) is 0 Å². The third kappa shape index (κ3) is 5.40. The van der Waals surface area contributed by atoms with E-state index >= 15 is 0 Å². The molecule has 6 heteroatoms. The Kier molecular flexibility index (Phi) is 9.26. The number of carbonyl (C=O) groups excluding carboxylic acids is 2. The standard InChI is InChI=1S/C46H46N4O2/c1-9-31-25(5)43-41(35-19-15-13-17-29(35)23-51)44-27(7)33(11-3)39(49-44)22-40-34(12-4)28(8)46(50-40)42(36-20-16-14-18-30(36)24-52)45-26(6)32(10-2)38(48-45)21-37(31)47-43/h13-24,47,50H,9-12H2,1-8H3. The quantitative estimate of drug-likeness (QED) is 0.159. The number of benzene rings is 2. The lowest BCUT2D eigenvalue weighted by Gasteiger charge is -2.10. The molecule has 0 saturated carbocycles. The van der Waals surface area contributed by atoms with Gasteiger partial charge in [-0.1, -0.05) is 76.2 Å². The van der Waals surface area contributed by atoms with E-state index in [-0.39, 0.29) is 0 Å². The number of H-pyrrole nitrogens is 2. The molecule has 5 aromatic rings. The highest BCUT2D eigenvalue weighted by Gasteiger charge is 2.26. The minimum Gasteiger partial charge on any atom is -0.354 e. The van der Waals surface area contributed by atoms with Crippen LogP contribution < -0.4 is 0 Å². The first-order chi connectivity index (χ1) is 25.2. The fourth-order valence-electron chi connectivity index (χ4n) is 8.49. The van der Waals surface area contributed by atoms with Crippen LogP contribution in [-0.2, 0) is 12.8 Å². The van der Waals surface area contributed by atoms with Gasteiger partial charge in [0.05, 0.1) is 33.8 Å². The minimum atomic E-state index is 0.623. The summed E-state index contributed by atoms with van der Waals surface area (Å²) < 4.78 is 0. The summed E-state index contributed by atoms with van der Waals surface area (Å²) >= 11 is 0. The lowest BCUT2D eigenvalue weighted by Crippen LogP contribution is -1.94. The number of allylic oxidation sites excluding steroid dienone is 4. The second kappa shape index (κ2) is 13.8.